The molecule has 1 amide bonds. The van der Waals surface area contributed by atoms with Crippen LogP contribution in [0.2, 0.25) is 0 Å². The molecule has 1 saturated heterocycles. The van der Waals surface area contributed by atoms with Crippen LogP contribution < -0.4 is 0 Å². The molecule has 0 saturated carbocycles. The molecule has 2 heterocycles. The van der Waals surface area contributed by atoms with Crippen molar-refractivity contribution < 1.29 is 14.0 Å². The fraction of sp³-hybridized carbons (Fsp3) is 0.500. The molecule has 1 fully saturated rings. The van der Waals surface area contributed by atoms with Crippen LogP contribution in [0.25, 0.3) is 0 Å². The monoisotopic (exact) mass is 305 g/mol. The minimum Gasteiger partial charge on any atom is -0.379 e. The maximum Gasteiger partial charge on any atom is 0.269 e. The molecule has 0 bridgehead atoms. The average molecular weight is 305 g/mol. The molecule has 6 heteroatoms. The summed E-state index contributed by atoms with van der Waals surface area (Å²) in [6, 6.07) is 6.42. The standard InChI is InChI=1S/C16H20FN3O2/c1-16(15(21)20-9-7-19(2)8-10-20)11-14(18-22-16)12-5-3-4-6-13(12)17/h3-6H,7-11H2,1-2H3/t16-/m1/s1. The number of hydrogen-bond acceptors (Lipinski definition) is 4. The van der Waals surface area contributed by atoms with E-state index in [9.17, 15) is 9.18 Å². The molecule has 1 aromatic rings. The van der Waals surface area contributed by atoms with Crippen molar-refractivity contribution in [3.63, 3.8) is 0 Å². The van der Waals surface area contributed by atoms with Crippen molar-refractivity contribution in [2.75, 3.05) is 33.2 Å². The van der Waals surface area contributed by atoms with Gasteiger partial charge < -0.3 is 14.6 Å². The SMILES string of the molecule is CN1CCN(C(=O)[C@@]2(C)CC(c3ccccc3F)=NO2)CC1. The average Bonchev–Trinajstić information content (AvgIpc) is 2.91. The Morgan fingerprint density at radius 1 is 1.27 bits per heavy atom. The van der Waals surface area contributed by atoms with Gasteiger partial charge in [0, 0.05) is 38.2 Å². The van der Waals surface area contributed by atoms with Gasteiger partial charge in [-0.05, 0) is 20.0 Å². The van der Waals surface area contributed by atoms with E-state index >= 15 is 0 Å². The van der Waals surface area contributed by atoms with Crippen LogP contribution in [-0.2, 0) is 9.63 Å². The van der Waals surface area contributed by atoms with Crippen molar-refractivity contribution in [2.24, 2.45) is 5.16 Å². The van der Waals surface area contributed by atoms with Crippen LogP contribution in [0.4, 0.5) is 4.39 Å². The lowest BCUT2D eigenvalue weighted by Crippen LogP contribution is -2.54. The van der Waals surface area contributed by atoms with Gasteiger partial charge >= 0.3 is 0 Å². The fourth-order valence-electron chi connectivity index (χ4n) is 2.84. The number of carbonyl (C=O) groups excluding carboxylic acids is 1. The Morgan fingerprint density at radius 3 is 2.64 bits per heavy atom. The number of piperazine rings is 1. The van der Waals surface area contributed by atoms with Gasteiger partial charge in [-0.3, -0.25) is 4.79 Å². The van der Waals surface area contributed by atoms with Gasteiger partial charge in [-0.2, -0.15) is 0 Å². The predicted molar refractivity (Wildman–Crippen MR) is 81.1 cm³/mol. The van der Waals surface area contributed by atoms with E-state index in [1.54, 1.807) is 30.0 Å². The topological polar surface area (TPSA) is 45.1 Å². The number of amides is 1. The molecule has 0 N–H and O–H groups in total. The van der Waals surface area contributed by atoms with E-state index in [0.717, 1.165) is 13.1 Å². The first-order chi connectivity index (χ1) is 10.5. The van der Waals surface area contributed by atoms with Crippen molar-refractivity contribution in [1.29, 1.82) is 0 Å². The number of rotatable bonds is 2. The number of likely N-dealkylation sites (N-methyl/N-ethyl adjacent to an activating group) is 1. The van der Waals surface area contributed by atoms with Crippen LogP contribution >= 0.6 is 0 Å². The Hall–Kier alpha value is -1.95. The molecule has 1 aromatic carbocycles. The van der Waals surface area contributed by atoms with Crippen molar-refractivity contribution in [3.05, 3.63) is 35.6 Å². The maximum atomic E-state index is 13.9. The van der Waals surface area contributed by atoms with Gasteiger partial charge in [0.15, 0.2) is 0 Å². The third-order valence-electron chi connectivity index (χ3n) is 4.29. The van der Waals surface area contributed by atoms with E-state index in [1.165, 1.54) is 6.07 Å². The maximum absolute atomic E-state index is 13.9. The summed E-state index contributed by atoms with van der Waals surface area (Å²) >= 11 is 0. The van der Waals surface area contributed by atoms with Gasteiger partial charge in [-0.15, -0.1) is 0 Å². The van der Waals surface area contributed by atoms with Crippen LogP contribution in [0.1, 0.15) is 18.9 Å². The number of oxime groups is 1. The van der Waals surface area contributed by atoms with Crippen LogP contribution in [0, 0.1) is 5.82 Å². The van der Waals surface area contributed by atoms with E-state index in [-0.39, 0.29) is 11.7 Å². The van der Waals surface area contributed by atoms with Crippen molar-refractivity contribution in [3.8, 4) is 0 Å². The van der Waals surface area contributed by atoms with E-state index < -0.39 is 5.60 Å². The highest BCUT2D eigenvalue weighted by Crippen LogP contribution is 2.29. The van der Waals surface area contributed by atoms with E-state index in [1.807, 2.05) is 7.05 Å². The quantitative estimate of drug-likeness (QED) is 0.831. The first-order valence-corrected chi connectivity index (χ1v) is 7.47. The molecule has 0 spiro atoms. The van der Waals surface area contributed by atoms with Crippen LogP contribution in [0.3, 0.4) is 0 Å². The second-order valence-electron chi connectivity index (χ2n) is 6.11. The number of hydrogen-bond donors (Lipinski definition) is 0. The summed E-state index contributed by atoms with van der Waals surface area (Å²) in [4.78, 5) is 22.1. The van der Waals surface area contributed by atoms with Gasteiger partial charge in [0.2, 0.25) is 5.60 Å². The molecular weight excluding hydrogens is 285 g/mol. The number of benzene rings is 1. The third-order valence-corrected chi connectivity index (χ3v) is 4.29. The second kappa shape index (κ2) is 5.68. The van der Waals surface area contributed by atoms with Gasteiger partial charge in [-0.1, -0.05) is 23.4 Å². The zero-order valence-electron chi connectivity index (χ0n) is 12.9. The minimum atomic E-state index is -1.03. The van der Waals surface area contributed by atoms with E-state index in [2.05, 4.69) is 10.1 Å². The summed E-state index contributed by atoms with van der Waals surface area (Å²) in [5, 5.41) is 3.97. The van der Waals surface area contributed by atoms with E-state index in [4.69, 9.17) is 4.84 Å². The van der Waals surface area contributed by atoms with Crippen LogP contribution in [0.15, 0.2) is 29.4 Å². The Labute approximate surface area is 129 Å². The van der Waals surface area contributed by atoms with Gasteiger partial charge in [0.05, 0.1) is 5.71 Å². The van der Waals surface area contributed by atoms with Crippen molar-refractivity contribution in [2.45, 2.75) is 18.9 Å². The number of carbonyl (C=O) groups is 1. The summed E-state index contributed by atoms with van der Waals surface area (Å²) in [6.07, 6.45) is 0.291. The Kier molecular flexibility index (Phi) is 3.87. The van der Waals surface area contributed by atoms with Crippen molar-refractivity contribution >= 4 is 11.6 Å². The van der Waals surface area contributed by atoms with Gasteiger partial charge in [0.25, 0.3) is 5.91 Å². The highest BCUT2D eigenvalue weighted by Gasteiger charge is 2.45. The highest BCUT2D eigenvalue weighted by atomic mass is 19.1. The summed E-state index contributed by atoms with van der Waals surface area (Å²) < 4.78 is 13.9. The lowest BCUT2D eigenvalue weighted by Gasteiger charge is -2.36. The fourth-order valence-corrected chi connectivity index (χ4v) is 2.84. The Balaban J connectivity index is 1.72. The molecule has 2 aliphatic heterocycles. The molecule has 5 nitrogen and oxygen atoms in total. The smallest absolute Gasteiger partial charge is 0.269 e. The highest BCUT2D eigenvalue weighted by molar-refractivity contribution is 6.05. The third kappa shape index (κ3) is 2.70. The molecule has 0 unspecified atom stereocenters. The molecule has 2 aliphatic rings. The normalized spacial score (nSPS) is 25.8. The molecule has 1 atom stereocenters. The summed E-state index contributed by atoms with van der Waals surface area (Å²) in [5.41, 5.74) is -0.145. The van der Waals surface area contributed by atoms with Gasteiger partial charge in [-0.25, -0.2) is 4.39 Å². The van der Waals surface area contributed by atoms with Crippen molar-refractivity contribution in [1.82, 2.24) is 9.80 Å². The summed E-state index contributed by atoms with van der Waals surface area (Å²) in [7, 11) is 2.04. The van der Waals surface area contributed by atoms with Gasteiger partial charge in [0.1, 0.15) is 5.82 Å². The van der Waals surface area contributed by atoms with Crippen LogP contribution in [-0.4, -0.2) is 60.2 Å². The molecule has 118 valence electrons. The summed E-state index contributed by atoms with van der Waals surface area (Å²) in [5.74, 6) is -0.420. The molecule has 0 radical (unpaired) electrons. The predicted octanol–water partition coefficient (Wildman–Crippen LogP) is 1.48. The number of nitrogens with zero attached hydrogens (tertiary/aromatic N) is 3. The molecule has 0 aromatic heterocycles. The zero-order chi connectivity index (χ0) is 15.7. The Bertz CT molecular complexity index is 611. The van der Waals surface area contributed by atoms with Crippen LogP contribution in [0.5, 0.6) is 0 Å². The summed E-state index contributed by atoms with van der Waals surface area (Å²) in [6.45, 7) is 4.79. The molecular formula is C16H20FN3O2. The first-order valence-electron chi connectivity index (χ1n) is 7.47. The zero-order valence-corrected chi connectivity index (χ0v) is 12.9. The molecule has 22 heavy (non-hydrogen) atoms. The first kappa shape index (κ1) is 15.0. The lowest BCUT2D eigenvalue weighted by molar-refractivity contribution is -0.154. The number of halogens is 1. The minimum absolute atomic E-state index is 0.0734. The second-order valence-corrected chi connectivity index (χ2v) is 6.11. The lowest BCUT2D eigenvalue weighted by atomic mass is 9.94. The molecule has 0 aliphatic carbocycles. The Morgan fingerprint density at radius 2 is 1.95 bits per heavy atom. The largest absolute Gasteiger partial charge is 0.379 e. The van der Waals surface area contributed by atoms with E-state index in [0.29, 0.717) is 30.8 Å². The molecule has 3 rings (SSSR count).